The monoisotopic (exact) mass is 320 g/mol. The summed E-state index contributed by atoms with van der Waals surface area (Å²) < 4.78 is 0. The van der Waals surface area contributed by atoms with Crippen molar-refractivity contribution in [3.05, 3.63) is 65.7 Å². The molecule has 2 amide bonds. The van der Waals surface area contributed by atoms with E-state index < -0.39 is 12.1 Å². The Bertz CT molecular complexity index is 817. The van der Waals surface area contributed by atoms with E-state index in [0.717, 1.165) is 5.56 Å². The van der Waals surface area contributed by atoms with Gasteiger partial charge in [0.25, 0.3) is 11.8 Å². The van der Waals surface area contributed by atoms with Gasteiger partial charge in [-0.15, -0.1) is 0 Å². The normalized spacial score (nSPS) is 22.4. The first-order valence-corrected chi connectivity index (χ1v) is 7.81. The quantitative estimate of drug-likeness (QED) is 0.816. The van der Waals surface area contributed by atoms with E-state index in [0.29, 0.717) is 12.2 Å². The molecule has 2 aliphatic heterocycles. The van der Waals surface area contributed by atoms with E-state index in [1.807, 2.05) is 37.3 Å². The molecule has 0 spiro atoms. The zero-order chi connectivity index (χ0) is 16.7. The van der Waals surface area contributed by atoms with E-state index in [1.54, 1.807) is 29.3 Å². The topological polar surface area (TPSA) is 65.3 Å². The fourth-order valence-electron chi connectivity index (χ4n) is 3.07. The van der Waals surface area contributed by atoms with Crippen LogP contribution in [0.25, 0.3) is 0 Å². The number of benzene rings is 2. The molecule has 4 rings (SSSR count). The van der Waals surface area contributed by atoms with Gasteiger partial charge in [0.2, 0.25) is 0 Å². The zero-order valence-corrected chi connectivity index (χ0v) is 13.2. The highest BCUT2D eigenvalue weighted by molar-refractivity contribution is 6.25. The number of carbonyl (C=O) groups is 2. The number of aryl methyl sites for hydroxylation is 1. The summed E-state index contributed by atoms with van der Waals surface area (Å²) in [6, 6.07) is 15.6. The van der Waals surface area contributed by atoms with Gasteiger partial charge in [-0.3, -0.25) is 14.6 Å². The second-order valence-corrected chi connectivity index (χ2v) is 6.03. The van der Waals surface area contributed by atoms with E-state index in [1.165, 1.54) is 10.5 Å². The van der Waals surface area contributed by atoms with Gasteiger partial charge in [0, 0.05) is 0 Å². The van der Waals surface area contributed by atoms with Gasteiger partial charge < -0.3 is 0 Å². The van der Waals surface area contributed by atoms with Gasteiger partial charge in [-0.1, -0.05) is 53.3 Å². The predicted octanol–water partition coefficient (Wildman–Crippen LogP) is 2.49. The Labute approximate surface area is 139 Å². The van der Waals surface area contributed by atoms with Crippen molar-refractivity contribution in [3.63, 3.8) is 0 Å². The SMILES string of the molecule is Cc1ccc(CN2N=N[C@@H]3C(=O)N(c4ccccc4)C(=O)[C@H]32)cc1. The van der Waals surface area contributed by atoms with Gasteiger partial charge in [-0.25, -0.2) is 4.90 Å². The van der Waals surface area contributed by atoms with Crippen LogP contribution in [0.3, 0.4) is 0 Å². The second-order valence-electron chi connectivity index (χ2n) is 6.03. The predicted molar refractivity (Wildman–Crippen MR) is 88.1 cm³/mol. The van der Waals surface area contributed by atoms with Crippen LogP contribution in [-0.2, 0) is 16.1 Å². The van der Waals surface area contributed by atoms with Gasteiger partial charge in [0.05, 0.1) is 12.2 Å². The largest absolute Gasteiger partial charge is 0.271 e. The third-order valence-corrected chi connectivity index (χ3v) is 4.34. The molecule has 0 aliphatic carbocycles. The van der Waals surface area contributed by atoms with Crippen molar-refractivity contribution in [2.24, 2.45) is 10.3 Å². The van der Waals surface area contributed by atoms with Crippen LogP contribution in [0, 0.1) is 6.92 Å². The number of nitrogens with zero attached hydrogens (tertiary/aromatic N) is 4. The van der Waals surface area contributed by atoms with Crippen molar-refractivity contribution in [2.45, 2.75) is 25.6 Å². The van der Waals surface area contributed by atoms with Crippen molar-refractivity contribution in [3.8, 4) is 0 Å². The Hall–Kier alpha value is -3.02. The number of carbonyl (C=O) groups excluding carboxylic acids is 2. The summed E-state index contributed by atoms with van der Waals surface area (Å²) in [5.41, 5.74) is 2.77. The number of imide groups is 1. The lowest BCUT2D eigenvalue weighted by Gasteiger charge is -2.20. The average Bonchev–Trinajstić information content (AvgIpc) is 3.11. The molecule has 1 fully saturated rings. The molecule has 2 heterocycles. The molecule has 120 valence electrons. The molecule has 2 atom stereocenters. The molecule has 0 unspecified atom stereocenters. The van der Waals surface area contributed by atoms with Crippen molar-refractivity contribution in [2.75, 3.05) is 4.90 Å². The number of anilines is 1. The van der Waals surface area contributed by atoms with Crippen LogP contribution in [0.1, 0.15) is 11.1 Å². The molecule has 0 radical (unpaired) electrons. The first-order chi connectivity index (χ1) is 11.6. The van der Waals surface area contributed by atoms with Crippen molar-refractivity contribution in [1.29, 1.82) is 0 Å². The van der Waals surface area contributed by atoms with E-state index in [2.05, 4.69) is 10.3 Å². The first kappa shape index (κ1) is 14.6. The lowest BCUT2D eigenvalue weighted by atomic mass is 10.1. The third kappa shape index (κ3) is 2.27. The Morgan fingerprint density at radius 1 is 0.958 bits per heavy atom. The fourth-order valence-corrected chi connectivity index (χ4v) is 3.07. The van der Waals surface area contributed by atoms with Crippen LogP contribution in [0.15, 0.2) is 64.9 Å². The highest BCUT2D eigenvalue weighted by Gasteiger charge is 2.54. The zero-order valence-electron chi connectivity index (χ0n) is 13.2. The van der Waals surface area contributed by atoms with Crippen LogP contribution in [0.2, 0.25) is 0 Å². The summed E-state index contributed by atoms with van der Waals surface area (Å²) in [5.74, 6) is -0.584. The fraction of sp³-hybridized carbons (Fsp3) is 0.222. The van der Waals surface area contributed by atoms with Gasteiger partial charge in [-0.05, 0) is 24.6 Å². The number of para-hydroxylation sites is 1. The number of rotatable bonds is 3. The molecule has 24 heavy (non-hydrogen) atoms. The van der Waals surface area contributed by atoms with Crippen LogP contribution in [0.4, 0.5) is 5.69 Å². The third-order valence-electron chi connectivity index (χ3n) is 4.34. The minimum atomic E-state index is -0.747. The molecule has 0 saturated carbocycles. The molecule has 6 nitrogen and oxygen atoms in total. The maximum absolute atomic E-state index is 12.8. The van der Waals surface area contributed by atoms with E-state index in [-0.39, 0.29) is 11.8 Å². The number of fused-ring (bicyclic) bond motifs is 1. The molecule has 0 N–H and O–H groups in total. The van der Waals surface area contributed by atoms with Crippen LogP contribution in [-0.4, -0.2) is 28.9 Å². The molecule has 2 aromatic carbocycles. The van der Waals surface area contributed by atoms with Crippen molar-refractivity contribution < 1.29 is 9.59 Å². The van der Waals surface area contributed by atoms with Crippen LogP contribution >= 0.6 is 0 Å². The minimum absolute atomic E-state index is 0.270. The molecule has 0 bridgehead atoms. The summed E-state index contributed by atoms with van der Waals surface area (Å²) in [4.78, 5) is 26.6. The van der Waals surface area contributed by atoms with Crippen molar-refractivity contribution in [1.82, 2.24) is 5.01 Å². The van der Waals surface area contributed by atoms with E-state index in [4.69, 9.17) is 0 Å². The molecular formula is C18H16N4O2. The lowest BCUT2D eigenvalue weighted by molar-refractivity contribution is -0.123. The smallest absolute Gasteiger partial charge is 0.263 e. The lowest BCUT2D eigenvalue weighted by Crippen LogP contribution is -2.39. The molecule has 2 aromatic rings. The Morgan fingerprint density at radius 3 is 2.38 bits per heavy atom. The Kier molecular flexibility index (Phi) is 3.37. The number of hydrogen-bond acceptors (Lipinski definition) is 5. The Balaban J connectivity index is 1.59. The van der Waals surface area contributed by atoms with Gasteiger partial charge in [0.15, 0.2) is 12.1 Å². The molecule has 1 saturated heterocycles. The molecule has 0 aromatic heterocycles. The number of amides is 2. The maximum Gasteiger partial charge on any atom is 0.263 e. The molecule has 2 aliphatic rings. The average molecular weight is 320 g/mol. The summed E-state index contributed by atoms with van der Waals surface area (Å²) >= 11 is 0. The first-order valence-electron chi connectivity index (χ1n) is 7.81. The summed E-state index contributed by atoms with van der Waals surface area (Å²) in [6.07, 6.45) is 0. The minimum Gasteiger partial charge on any atom is -0.271 e. The van der Waals surface area contributed by atoms with Gasteiger partial charge in [-0.2, -0.15) is 5.11 Å². The van der Waals surface area contributed by atoms with E-state index >= 15 is 0 Å². The molecule has 6 heteroatoms. The summed E-state index contributed by atoms with van der Waals surface area (Å²) in [7, 11) is 0. The standard InChI is InChI=1S/C18H16N4O2/c1-12-7-9-13(10-8-12)11-21-16-15(19-20-21)17(23)22(18(16)24)14-5-3-2-4-6-14/h2-10,15-16H,11H2,1H3/t15-,16-/m0/s1. The van der Waals surface area contributed by atoms with E-state index in [9.17, 15) is 9.59 Å². The highest BCUT2D eigenvalue weighted by atomic mass is 16.2. The van der Waals surface area contributed by atoms with Gasteiger partial charge in [0.1, 0.15) is 0 Å². The second kappa shape index (κ2) is 5.56. The van der Waals surface area contributed by atoms with Crippen molar-refractivity contribution >= 4 is 17.5 Å². The summed E-state index contributed by atoms with van der Waals surface area (Å²) in [6.45, 7) is 2.47. The highest BCUT2D eigenvalue weighted by Crippen LogP contribution is 2.32. The maximum atomic E-state index is 12.8. The number of hydrogen-bond donors (Lipinski definition) is 0. The molecular weight excluding hydrogens is 304 g/mol. The van der Waals surface area contributed by atoms with Gasteiger partial charge >= 0.3 is 0 Å². The Morgan fingerprint density at radius 2 is 1.67 bits per heavy atom. The van der Waals surface area contributed by atoms with Crippen LogP contribution < -0.4 is 4.90 Å². The van der Waals surface area contributed by atoms with Crippen LogP contribution in [0.5, 0.6) is 0 Å². The summed E-state index contributed by atoms with van der Waals surface area (Å²) in [5, 5.41) is 9.71.